The van der Waals surface area contributed by atoms with Crippen molar-refractivity contribution in [2.24, 2.45) is 0 Å². The Kier molecular flexibility index (Phi) is 3.46. The Morgan fingerprint density at radius 3 is 1.89 bits per heavy atom. The van der Waals surface area contributed by atoms with E-state index >= 15 is 0 Å². The van der Waals surface area contributed by atoms with Crippen molar-refractivity contribution in [1.29, 1.82) is 0 Å². The first-order chi connectivity index (χ1) is 4.06. The van der Waals surface area contributed by atoms with Gasteiger partial charge in [-0.2, -0.15) is 0 Å². The van der Waals surface area contributed by atoms with Crippen molar-refractivity contribution >= 4 is 28.6 Å². The first-order valence-electron chi connectivity index (χ1n) is 2.99. The van der Waals surface area contributed by atoms with Gasteiger partial charge in [-0.3, -0.25) is 4.79 Å². The van der Waals surface area contributed by atoms with E-state index in [0.29, 0.717) is 12.8 Å². The molecule has 0 fully saturated rings. The van der Waals surface area contributed by atoms with Crippen molar-refractivity contribution in [3.8, 4) is 0 Å². The van der Waals surface area contributed by atoms with Gasteiger partial charge in [-0.1, -0.05) is 36.4 Å². The van der Waals surface area contributed by atoms with Gasteiger partial charge in [0.15, 0.2) is 0 Å². The number of carboxylic acid groups (broad SMARTS) is 1. The minimum atomic E-state index is -0.701. The fourth-order valence-electron chi connectivity index (χ4n) is 0.552. The highest BCUT2D eigenvalue weighted by atomic mass is 127. The van der Waals surface area contributed by atoms with Crippen LogP contribution in [0.2, 0.25) is 0 Å². The van der Waals surface area contributed by atoms with Crippen LogP contribution < -0.4 is 0 Å². The normalized spacial score (nSPS) is 11.4. The van der Waals surface area contributed by atoms with E-state index in [9.17, 15) is 4.79 Å². The highest BCUT2D eigenvalue weighted by Crippen LogP contribution is 2.26. The summed E-state index contributed by atoms with van der Waals surface area (Å²) >= 11 is 1.99. The Balaban J connectivity index is 4.09. The first-order valence-corrected chi connectivity index (χ1v) is 4.07. The smallest absolute Gasteiger partial charge is 0.319 e. The second-order valence-electron chi connectivity index (χ2n) is 1.98. The molecule has 0 bridgehead atoms. The van der Waals surface area contributed by atoms with Crippen LogP contribution in [0, 0.1) is 0 Å². The van der Waals surface area contributed by atoms with Crippen molar-refractivity contribution in [2.45, 2.75) is 30.1 Å². The van der Waals surface area contributed by atoms with Crippen LogP contribution in [0.1, 0.15) is 26.7 Å². The van der Waals surface area contributed by atoms with E-state index in [1.54, 1.807) is 0 Å². The van der Waals surface area contributed by atoms with Crippen molar-refractivity contribution < 1.29 is 9.90 Å². The Labute approximate surface area is 68.8 Å². The van der Waals surface area contributed by atoms with Gasteiger partial charge in [0.2, 0.25) is 0 Å². The van der Waals surface area contributed by atoms with Gasteiger partial charge >= 0.3 is 5.97 Å². The molecule has 0 radical (unpaired) electrons. The molecule has 0 atom stereocenters. The van der Waals surface area contributed by atoms with E-state index in [-0.39, 0.29) is 0 Å². The van der Waals surface area contributed by atoms with Crippen molar-refractivity contribution in [3.63, 3.8) is 0 Å². The summed E-state index contributed by atoms with van der Waals surface area (Å²) in [6, 6.07) is 0. The van der Waals surface area contributed by atoms with Crippen LogP contribution in [0.5, 0.6) is 0 Å². The molecule has 2 nitrogen and oxygen atoms in total. The van der Waals surface area contributed by atoms with Gasteiger partial charge in [0.05, 0.1) is 0 Å². The number of carbonyl (C=O) groups is 1. The molecule has 3 heteroatoms. The van der Waals surface area contributed by atoms with Crippen molar-refractivity contribution in [2.75, 3.05) is 0 Å². The third-order valence-electron chi connectivity index (χ3n) is 1.50. The predicted octanol–water partition coefficient (Wildman–Crippen LogP) is 2.06. The van der Waals surface area contributed by atoms with Gasteiger partial charge in [-0.05, 0) is 12.8 Å². The van der Waals surface area contributed by atoms with Gasteiger partial charge in [-0.25, -0.2) is 0 Å². The molecule has 0 rings (SSSR count). The minimum absolute atomic E-state index is 0.530. The molecule has 0 saturated carbocycles. The van der Waals surface area contributed by atoms with Gasteiger partial charge in [0.1, 0.15) is 3.42 Å². The van der Waals surface area contributed by atoms with Gasteiger partial charge in [-0.15, -0.1) is 0 Å². The number of rotatable bonds is 3. The molecule has 1 N–H and O–H groups in total. The second kappa shape index (κ2) is 3.39. The molecule has 0 aromatic carbocycles. The van der Waals surface area contributed by atoms with Crippen molar-refractivity contribution in [3.05, 3.63) is 0 Å². The molecule has 0 aromatic rings. The molecule has 0 aliphatic carbocycles. The molecule has 0 aliphatic rings. The van der Waals surface area contributed by atoms with Crippen LogP contribution >= 0.6 is 22.6 Å². The maximum absolute atomic E-state index is 10.5. The van der Waals surface area contributed by atoms with Crippen LogP contribution in [-0.4, -0.2) is 14.5 Å². The minimum Gasteiger partial charge on any atom is -0.480 e. The van der Waals surface area contributed by atoms with Gasteiger partial charge in [0.25, 0.3) is 0 Å². The van der Waals surface area contributed by atoms with Crippen LogP contribution in [0.4, 0.5) is 0 Å². The van der Waals surface area contributed by atoms with Crippen LogP contribution in [0.25, 0.3) is 0 Å². The lowest BCUT2D eigenvalue weighted by Crippen LogP contribution is -2.29. The summed E-state index contributed by atoms with van der Waals surface area (Å²) in [5.74, 6) is -0.701. The summed E-state index contributed by atoms with van der Waals surface area (Å²) in [4.78, 5) is 10.5. The summed E-state index contributed by atoms with van der Waals surface area (Å²) < 4.78 is -0.530. The number of hydrogen-bond donors (Lipinski definition) is 1. The Morgan fingerprint density at radius 1 is 1.56 bits per heavy atom. The van der Waals surface area contributed by atoms with E-state index in [4.69, 9.17) is 5.11 Å². The molecular formula is C6H11IO2. The van der Waals surface area contributed by atoms with E-state index in [0.717, 1.165) is 0 Å². The summed E-state index contributed by atoms with van der Waals surface area (Å²) in [5, 5.41) is 8.62. The molecular weight excluding hydrogens is 231 g/mol. The third kappa shape index (κ3) is 2.12. The van der Waals surface area contributed by atoms with Crippen molar-refractivity contribution in [1.82, 2.24) is 0 Å². The lowest BCUT2D eigenvalue weighted by molar-refractivity contribution is -0.139. The van der Waals surface area contributed by atoms with Gasteiger partial charge < -0.3 is 5.11 Å². The molecule has 0 heterocycles. The predicted molar refractivity (Wildman–Crippen MR) is 45.0 cm³/mol. The highest BCUT2D eigenvalue weighted by Gasteiger charge is 2.30. The van der Waals surface area contributed by atoms with E-state index in [1.165, 1.54) is 0 Å². The van der Waals surface area contributed by atoms with Crippen LogP contribution in [0.15, 0.2) is 0 Å². The molecule has 54 valence electrons. The molecule has 0 aliphatic heterocycles. The van der Waals surface area contributed by atoms with E-state index < -0.39 is 9.39 Å². The zero-order chi connectivity index (χ0) is 7.49. The molecule has 0 unspecified atom stereocenters. The number of alkyl halides is 1. The lowest BCUT2D eigenvalue weighted by atomic mass is 10.0. The molecule has 0 saturated heterocycles. The maximum Gasteiger partial charge on any atom is 0.319 e. The topological polar surface area (TPSA) is 37.3 Å². The number of aliphatic carboxylic acids is 1. The molecule has 0 amide bonds. The monoisotopic (exact) mass is 242 g/mol. The Morgan fingerprint density at radius 2 is 1.89 bits per heavy atom. The number of carboxylic acids is 1. The lowest BCUT2D eigenvalue weighted by Gasteiger charge is -2.17. The number of hydrogen-bond acceptors (Lipinski definition) is 1. The fraction of sp³-hybridized carbons (Fsp3) is 0.833. The SMILES string of the molecule is CCC(I)(CC)C(=O)O. The summed E-state index contributed by atoms with van der Waals surface area (Å²) in [5.41, 5.74) is 0. The Hall–Kier alpha value is 0.200. The largest absolute Gasteiger partial charge is 0.480 e. The average Bonchev–Trinajstić information content (AvgIpc) is 1.86. The van der Waals surface area contributed by atoms with E-state index in [1.807, 2.05) is 36.4 Å². The van der Waals surface area contributed by atoms with Gasteiger partial charge in [0, 0.05) is 0 Å². The third-order valence-corrected chi connectivity index (χ3v) is 3.49. The molecule has 9 heavy (non-hydrogen) atoms. The van der Waals surface area contributed by atoms with Crippen LogP contribution in [0.3, 0.4) is 0 Å². The standard InChI is InChI=1S/C6H11IO2/c1-3-6(7,4-2)5(8)9/h3-4H2,1-2H3,(H,8,9). The number of halogens is 1. The van der Waals surface area contributed by atoms with Crippen LogP contribution in [-0.2, 0) is 4.79 Å². The summed E-state index contributed by atoms with van der Waals surface area (Å²) in [6.45, 7) is 3.79. The first kappa shape index (κ1) is 9.20. The summed E-state index contributed by atoms with van der Waals surface area (Å²) in [6.07, 6.45) is 1.39. The average molecular weight is 242 g/mol. The summed E-state index contributed by atoms with van der Waals surface area (Å²) in [7, 11) is 0. The fourth-order valence-corrected chi connectivity index (χ4v) is 0.552. The Bertz CT molecular complexity index is 108. The maximum atomic E-state index is 10.5. The van der Waals surface area contributed by atoms with E-state index in [2.05, 4.69) is 0 Å². The second-order valence-corrected chi connectivity index (χ2v) is 4.04. The molecule has 0 spiro atoms. The zero-order valence-electron chi connectivity index (χ0n) is 5.65. The molecule has 0 aromatic heterocycles. The quantitative estimate of drug-likeness (QED) is 0.607. The highest BCUT2D eigenvalue weighted by molar-refractivity contribution is 14.1. The zero-order valence-corrected chi connectivity index (χ0v) is 7.81.